The first-order chi connectivity index (χ1) is 10.3. The van der Waals surface area contributed by atoms with Crippen LogP contribution in [0.3, 0.4) is 0 Å². The Hall–Kier alpha value is -0.0400. The highest BCUT2D eigenvalue weighted by atomic mass is 14.9. The van der Waals surface area contributed by atoms with Crippen LogP contribution in [0.1, 0.15) is 110 Å². The zero-order valence-electron chi connectivity index (χ0n) is 15.0. The van der Waals surface area contributed by atoms with Crippen molar-refractivity contribution in [2.45, 2.75) is 116 Å². The fraction of sp³-hybridized carbons (Fsp3) is 1.00. The second-order valence-corrected chi connectivity index (χ2v) is 7.36. The molecule has 0 radical (unpaired) electrons. The third kappa shape index (κ3) is 10.3. The van der Waals surface area contributed by atoms with Crippen LogP contribution < -0.4 is 5.32 Å². The first-order valence-corrected chi connectivity index (χ1v) is 10.1. The average Bonchev–Trinajstić information content (AvgIpc) is 2.89. The normalized spacial score (nSPS) is 22.0. The fourth-order valence-corrected chi connectivity index (χ4v) is 3.67. The maximum atomic E-state index is 3.65. The molecule has 1 N–H and O–H groups in total. The van der Waals surface area contributed by atoms with Crippen molar-refractivity contribution in [3.05, 3.63) is 0 Å². The summed E-state index contributed by atoms with van der Waals surface area (Å²) in [6.45, 7) is 5.96. The first-order valence-electron chi connectivity index (χ1n) is 10.1. The smallest absolute Gasteiger partial charge is 0.00931 e. The topological polar surface area (TPSA) is 12.0 Å². The van der Waals surface area contributed by atoms with Gasteiger partial charge >= 0.3 is 0 Å². The number of rotatable bonds is 14. The summed E-state index contributed by atoms with van der Waals surface area (Å²) in [4.78, 5) is 0. The van der Waals surface area contributed by atoms with E-state index in [1.54, 1.807) is 0 Å². The SMILES string of the molecule is CCCCCCCCCCCCCCCC1NCCC1C. The molecule has 1 nitrogen and oxygen atoms in total. The summed E-state index contributed by atoms with van der Waals surface area (Å²) < 4.78 is 0. The summed E-state index contributed by atoms with van der Waals surface area (Å²) in [5, 5.41) is 3.65. The Balaban J connectivity index is 1.71. The van der Waals surface area contributed by atoms with E-state index in [-0.39, 0.29) is 0 Å². The Morgan fingerprint density at radius 3 is 1.62 bits per heavy atom. The minimum Gasteiger partial charge on any atom is -0.314 e. The van der Waals surface area contributed by atoms with Gasteiger partial charge in [0.15, 0.2) is 0 Å². The van der Waals surface area contributed by atoms with E-state index >= 15 is 0 Å². The highest BCUT2D eigenvalue weighted by Crippen LogP contribution is 2.20. The third-order valence-corrected chi connectivity index (χ3v) is 5.31. The molecular weight excluding hydrogens is 254 g/mol. The second-order valence-electron chi connectivity index (χ2n) is 7.36. The van der Waals surface area contributed by atoms with E-state index in [1.165, 1.54) is 103 Å². The zero-order chi connectivity index (χ0) is 15.2. The van der Waals surface area contributed by atoms with E-state index in [9.17, 15) is 0 Å². The van der Waals surface area contributed by atoms with Crippen LogP contribution in [0.15, 0.2) is 0 Å². The van der Waals surface area contributed by atoms with Crippen LogP contribution in [0.4, 0.5) is 0 Å². The van der Waals surface area contributed by atoms with Crippen molar-refractivity contribution in [3.63, 3.8) is 0 Å². The van der Waals surface area contributed by atoms with Gasteiger partial charge in [0.05, 0.1) is 0 Å². The molecule has 2 unspecified atom stereocenters. The molecule has 0 bridgehead atoms. The summed E-state index contributed by atoms with van der Waals surface area (Å²) in [5.74, 6) is 0.919. The maximum Gasteiger partial charge on any atom is 0.00931 e. The second kappa shape index (κ2) is 13.6. The van der Waals surface area contributed by atoms with Crippen LogP contribution >= 0.6 is 0 Å². The fourth-order valence-electron chi connectivity index (χ4n) is 3.67. The molecule has 21 heavy (non-hydrogen) atoms. The summed E-state index contributed by atoms with van der Waals surface area (Å²) in [6.07, 6.45) is 21.8. The summed E-state index contributed by atoms with van der Waals surface area (Å²) >= 11 is 0. The molecule has 1 saturated heterocycles. The van der Waals surface area contributed by atoms with E-state index in [4.69, 9.17) is 0 Å². The van der Waals surface area contributed by atoms with Gasteiger partial charge in [0, 0.05) is 6.04 Å². The standard InChI is InChI=1S/C20H41N/c1-3-4-5-6-7-8-9-10-11-12-13-14-15-16-20-19(2)17-18-21-20/h19-21H,3-18H2,1-2H3. The minimum absolute atomic E-state index is 0.831. The lowest BCUT2D eigenvalue weighted by atomic mass is 9.97. The van der Waals surface area contributed by atoms with Crippen molar-refractivity contribution in [2.75, 3.05) is 6.54 Å². The molecule has 1 rings (SSSR count). The Kier molecular flexibility index (Phi) is 12.3. The van der Waals surface area contributed by atoms with Gasteiger partial charge in [0.1, 0.15) is 0 Å². The zero-order valence-corrected chi connectivity index (χ0v) is 15.0. The van der Waals surface area contributed by atoms with Crippen molar-refractivity contribution >= 4 is 0 Å². The maximum absolute atomic E-state index is 3.65. The molecule has 0 aromatic carbocycles. The largest absolute Gasteiger partial charge is 0.314 e. The minimum atomic E-state index is 0.831. The molecule has 1 fully saturated rings. The van der Waals surface area contributed by atoms with Gasteiger partial charge in [-0.1, -0.05) is 97.3 Å². The highest BCUT2D eigenvalue weighted by molar-refractivity contribution is 4.80. The molecule has 0 amide bonds. The van der Waals surface area contributed by atoms with Gasteiger partial charge in [0.25, 0.3) is 0 Å². The van der Waals surface area contributed by atoms with Gasteiger partial charge in [-0.3, -0.25) is 0 Å². The number of hydrogen-bond acceptors (Lipinski definition) is 1. The average molecular weight is 296 g/mol. The molecule has 1 aliphatic heterocycles. The van der Waals surface area contributed by atoms with Gasteiger partial charge in [-0.25, -0.2) is 0 Å². The molecule has 1 heterocycles. The van der Waals surface area contributed by atoms with Gasteiger partial charge in [0.2, 0.25) is 0 Å². The predicted octanol–water partition coefficient (Wildman–Crippen LogP) is 6.47. The van der Waals surface area contributed by atoms with Gasteiger partial charge in [-0.2, -0.15) is 0 Å². The van der Waals surface area contributed by atoms with E-state index in [2.05, 4.69) is 19.2 Å². The lowest BCUT2D eigenvalue weighted by molar-refractivity contribution is 0.428. The molecule has 2 atom stereocenters. The van der Waals surface area contributed by atoms with Gasteiger partial charge in [-0.05, 0) is 25.3 Å². The van der Waals surface area contributed by atoms with Crippen molar-refractivity contribution in [1.82, 2.24) is 5.32 Å². The van der Waals surface area contributed by atoms with Gasteiger partial charge in [-0.15, -0.1) is 0 Å². The van der Waals surface area contributed by atoms with E-state index < -0.39 is 0 Å². The summed E-state index contributed by atoms with van der Waals surface area (Å²) in [6, 6.07) is 0.831. The Morgan fingerprint density at radius 1 is 0.714 bits per heavy atom. The Morgan fingerprint density at radius 2 is 1.19 bits per heavy atom. The summed E-state index contributed by atoms with van der Waals surface area (Å²) in [7, 11) is 0. The predicted molar refractivity (Wildman–Crippen MR) is 95.9 cm³/mol. The van der Waals surface area contributed by atoms with Crippen LogP contribution in [0.25, 0.3) is 0 Å². The lowest BCUT2D eigenvalue weighted by Gasteiger charge is -2.14. The van der Waals surface area contributed by atoms with E-state index in [1.807, 2.05) is 0 Å². The molecule has 0 saturated carbocycles. The number of hydrogen-bond donors (Lipinski definition) is 1. The van der Waals surface area contributed by atoms with Crippen LogP contribution in [-0.2, 0) is 0 Å². The molecule has 0 aromatic rings. The van der Waals surface area contributed by atoms with Crippen LogP contribution in [0.5, 0.6) is 0 Å². The molecule has 0 spiro atoms. The molecular formula is C20H41N. The monoisotopic (exact) mass is 295 g/mol. The van der Waals surface area contributed by atoms with Crippen LogP contribution in [-0.4, -0.2) is 12.6 Å². The van der Waals surface area contributed by atoms with Crippen molar-refractivity contribution in [1.29, 1.82) is 0 Å². The highest BCUT2D eigenvalue weighted by Gasteiger charge is 2.21. The molecule has 0 aromatic heterocycles. The third-order valence-electron chi connectivity index (χ3n) is 5.31. The molecule has 1 heteroatoms. The van der Waals surface area contributed by atoms with Crippen molar-refractivity contribution in [3.8, 4) is 0 Å². The number of nitrogens with one attached hydrogen (secondary N) is 1. The lowest BCUT2D eigenvalue weighted by Crippen LogP contribution is -2.25. The summed E-state index contributed by atoms with van der Waals surface area (Å²) in [5.41, 5.74) is 0. The van der Waals surface area contributed by atoms with Crippen LogP contribution in [0, 0.1) is 5.92 Å². The van der Waals surface area contributed by atoms with Gasteiger partial charge < -0.3 is 5.32 Å². The Labute approximate surface area is 134 Å². The Bertz CT molecular complexity index is 214. The molecule has 126 valence electrons. The quantitative estimate of drug-likeness (QED) is 0.362. The molecule has 1 aliphatic rings. The first kappa shape index (κ1) is 19.0. The number of unbranched alkanes of at least 4 members (excludes halogenated alkanes) is 12. The molecule has 0 aliphatic carbocycles. The van der Waals surface area contributed by atoms with E-state index in [0.717, 1.165) is 12.0 Å². The van der Waals surface area contributed by atoms with E-state index in [0.29, 0.717) is 0 Å². The van der Waals surface area contributed by atoms with Crippen LogP contribution in [0.2, 0.25) is 0 Å². The van der Waals surface area contributed by atoms with Crippen molar-refractivity contribution < 1.29 is 0 Å². The van der Waals surface area contributed by atoms with Crippen molar-refractivity contribution in [2.24, 2.45) is 5.92 Å².